The number of hydrogen-bond donors (Lipinski definition) is 1. The molecule has 0 aliphatic carbocycles. The number of rotatable bonds is 3. The number of aryl methyl sites for hydroxylation is 1. The second kappa shape index (κ2) is 5.80. The van der Waals surface area contributed by atoms with Crippen LogP contribution in [0.5, 0.6) is 0 Å². The minimum atomic E-state index is 1.14. The summed E-state index contributed by atoms with van der Waals surface area (Å²) < 4.78 is 1.21. The molecule has 1 aromatic rings. The topological polar surface area (TPSA) is 15.3 Å². The number of piperazine rings is 1. The Balaban J connectivity index is 1.86. The van der Waals surface area contributed by atoms with Crippen LogP contribution in [0.15, 0.2) is 22.7 Å². The summed E-state index contributed by atoms with van der Waals surface area (Å²) in [6, 6.07) is 6.66. The molecule has 0 unspecified atom stereocenters. The van der Waals surface area contributed by atoms with E-state index in [4.69, 9.17) is 0 Å². The molecular formula is C13H19BrN2. The second-order valence-electron chi connectivity index (χ2n) is 4.43. The van der Waals surface area contributed by atoms with E-state index in [1.54, 1.807) is 0 Å². The van der Waals surface area contributed by atoms with Crippen LogP contribution in [0.4, 0.5) is 0 Å². The lowest BCUT2D eigenvalue weighted by molar-refractivity contribution is 0.244. The predicted molar refractivity (Wildman–Crippen MR) is 71.9 cm³/mol. The highest BCUT2D eigenvalue weighted by Gasteiger charge is 2.08. The molecule has 1 aliphatic rings. The average Bonchev–Trinajstić information content (AvgIpc) is 2.32. The highest BCUT2D eigenvalue weighted by atomic mass is 79.9. The van der Waals surface area contributed by atoms with E-state index in [9.17, 15) is 0 Å². The van der Waals surface area contributed by atoms with E-state index in [0.29, 0.717) is 0 Å². The van der Waals surface area contributed by atoms with Crippen molar-refractivity contribution in [2.45, 2.75) is 13.3 Å². The highest BCUT2D eigenvalue weighted by Crippen LogP contribution is 2.17. The SMILES string of the molecule is Cc1cc(CCN2CCNCC2)ccc1Br. The number of hydrogen-bond acceptors (Lipinski definition) is 2. The quantitative estimate of drug-likeness (QED) is 0.915. The average molecular weight is 283 g/mol. The number of nitrogens with one attached hydrogen (secondary N) is 1. The molecule has 2 nitrogen and oxygen atoms in total. The minimum absolute atomic E-state index is 1.14. The third-order valence-electron chi connectivity index (χ3n) is 3.15. The van der Waals surface area contributed by atoms with Crippen LogP contribution in [0.1, 0.15) is 11.1 Å². The minimum Gasteiger partial charge on any atom is -0.314 e. The van der Waals surface area contributed by atoms with E-state index < -0.39 is 0 Å². The summed E-state index contributed by atoms with van der Waals surface area (Å²) in [6.45, 7) is 7.99. The maximum atomic E-state index is 3.54. The molecule has 0 bridgehead atoms. The lowest BCUT2D eigenvalue weighted by atomic mass is 10.1. The molecule has 1 heterocycles. The number of nitrogens with zero attached hydrogens (tertiary/aromatic N) is 1. The van der Waals surface area contributed by atoms with Gasteiger partial charge in [-0.3, -0.25) is 0 Å². The molecule has 0 atom stereocenters. The highest BCUT2D eigenvalue weighted by molar-refractivity contribution is 9.10. The molecule has 1 saturated heterocycles. The van der Waals surface area contributed by atoms with Crippen LogP contribution in [0.3, 0.4) is 0 Å². The fourth-order valence-electron chi connectivity index (χ4n) is 2.08. The van der Waals surface area contributed by atoms with Crippen molar-refractivity contribution in [2.75, 3.05) is 32.7 Å². The molecule has 1 fully saturated rings. The standard InChI is InChI=1S/C13H19BrN2/c1-11-10-12(2-3-13(11)14)4-7-16-8-5-15-6-9-16/h2-3,10,15H,4-9H2,1H3. The summed E-state index contributed by atoms with van der Waals surface area (Å²) in [7, 11) is 0. The molecule has 2 rings (SSSR count). The van der Waals surface area contributed by atoms with E-state index in [2.05, 4.69) is 51.3 Å². The van der Waals surface area contributed by atoms with Gasteiger partial charge in [0.15, 0.2) is 0 Å². The fourth-order valence-corrected chi connectivity index (χ4v) is 2.33. The van der Waals surface area contributed by atoms with Crippen molar-refractivity contribution in [1.29, 1.82) is 0 Å². The van der Waals surface area contributed by atoms with Crippen molar-refractivity contribution in [3.05, 3.63) is 33.8 Å². The fraction of sp³-hybridized carbons (Fsp3) is 0.538. The molecular weight excluding hydrogens is 264 g/mol. The lowest BCUT2D eigenvalue weighted by Crippen LogP contribution is -2.44. The molecule has 1 N–H and O–H groups in total. The third-order valence-corrected chi connectivity index (χ3v) is 4.04. The van der Waals surface area contributed by atoms with Gasteiger partial charge in [-0.25, -0.2) is 0 Å². The van der Waals surface area contributed by atoms with E-state index in [0.717, 1.165) is 19.5 Å². The first-order valence-electron chi connectivity index (χ1n) is 5.94. The predicted octanol–water partition coefficient (Wildman–Crippen LogP) is 2.21. The Kier molecular flexibility index (Phi) is 4.38. The van der Waals surface area contributed by atoms with Gasteiger partial charge in [0.25, 0.3) is 0 Å². The Morgan fingerprint density at radius 2 is 2.06 bits per heavy atom. The Labute approximate surface area is 106 Å². The summed E-state index contributed by atoms with van der Waals surface area (Å²) in [6.07, 6.45) is 1.16. The zero-order valence-electron chi connectivity index (χ0n) is 9.80. The third kappa shape index (κ3) is 3.30. The van der Waals surface area contributed by atoms with E-state index in [-0.39, 0.29) is 0 Å². The van der Waals surface area contributed by atoms with Crippen molar-refractivity contribution in [3.63, 3.8) is 0 Å². The van der Waals surface area contributed by atoms with Gasteiger partial charge in [-0.15, -0.1) is 0 Å². The Bertz CT molecular complexity index is 346. The molecule has 1 aromatic carbocycles. The molecule has 0 amide bonds. The second-order valence-corrected chi connectivity index (χ2v) is 5.28. The van der Waals surface area contributed by atoms with Gasteiger partial charge >= 0.3 is 0 Å². The van der Waals surface area contributed by atoms with Gasteiger partial charge in [-0.1, -0.05) is 28.1 Å². The van der Waals surface area contributed by atoms with Gasteiger partial charge < -0.3 is 10.2 Å². The van der Waals surface area contributed by atoms with Gasteiger partial charge in [-0.05, 0) is 30.5 Å². The first-order chi connectivity index (χ1) is 7.75. The molecule has 88 valence electrons. The van der Waals surface area contributed by atoms with Gasteiger partial charge in [-0.2, -0.15) is 0 Å². The van der Waals surface area contributed by atoms with Crippen LogP contribution < -0.4 is 5.32 Å². The largest absolute Gasteiger partial charge is 0.314 e. The van der Waals surface area contributed by atoms with Crippen LogP contribution in [0.2, 0.25) is 0 Å². The van der Waals surface area contributed by atoms with Crippen LogP contribution in [-0.4, -0.2) is 37.6 Å². The lowest BCUT2D eigenvalue weighted by Gasteiger charge is -2.27. The molecule has 0 aromatic heterocycles. The molecule has 0 saturated carbocycles. The molecule has 0 spiro atoms. The Hall–Kier alpha value is -0.380. The maximum absolute atomic E-state index is 3.54. The normalized spacial score (nSPS) is 17.6. The number of benzene rings is 1. The zero-order valence-corrected chi connectivity index (χ0v) is 11.4. The first-order valence-corrected chi connectivity index (χ1v) is 6.73. The van der Waals surface area contributed by atoms with Crippen molar-refractivity contribution >= 4 is 15.9 Å². The van der Waals surface area contributed by atoms with E-state index in [1.165, 1.54) is 35.2 Å². The molecule has 0 radical (unpaired) electrons. The zero-order chi connectivity index (χ0) is 11.4. The number of halogens is 1. The smallest absolute Gasteiger partial charge is 0.0204 e. The van der Waals surface area contributed by atoms with E-state index >= 15 is 0 Å². The van der Waals surface area contributed by atoms with Gasteiger partial charge in [0.2, 0.25) is 0 Å². The van der Waals surface area contributed by atoms with E-state index in [1.807, 2.05) is 0 Å². The monoisotopic (exact) mass is 282 g/mol. The summed E-state index contributed by atoms with van der Waals surface area (Å²) in [5, 5.41) is 3.38. The van der Waals surface area contributed by atoms with Crippen LogP contribution in [-0.2, 0) is 6.42 Å². The van der Waals surface area contributed by atoms with Gasteiger partial charge in [0, 0.05) is 37.2 Å². The van der Waals surface area contributed by atoms with Crippen LogP contribution in [0, 0.1) is 6.92 Å². The van der Waals surface area contributed by atoms with Crippen molar-refractivity contribution in [3.8, 4) is 0 Å². The van der Waals surface area contributed by atoms with Crippen molar-refractivity contribution in [1.82, 2.24) is 10.2 Å². The maximum Gasteiger partial charge on any atom is 0.0204 e. The Morgan fingerprint density at radius 1 is 1.31 bits per heavy atom. The summed E-state index contributed by atoms with van der Waals surface area (Å²) in [4.78, 5) is 2.54. The van der Waals surface area contributed by atoms with Crippen molar-refractivity contribution in [2.24, 2.45) is 0 Å². The van der Waals surface area contributed by atoms with Gasteiger partial charge in [0.1, 0.15) is 0 Å². The molecule has 16 heavy (non-hydrogen) atoms. The summed E-state index contributed by atoms with van der Waals surface area (Å²) >= 11 is 3.54. The molecule has 3 heteroatoms. The van der Waals surface area contributed by atoms with Gasteiger partial charge in [0.05, 0.1) is 0 Å². The summed E-state index contributed by atoms with van der Waals surface area (Å²) in [5.41, 5.74) is 2.78. The van der Waals surface area contributed by atoms with Crippen LogP contribution >= 0.6 is 15.9 Å². The Morgan fingerprint density at radius 3 is 2.75 bits per heavy atom. The van der Waals surface area contributed by atoms with Crippen molar-refractivity contribution < 1.29 is 0 Å². The summed E-state index contributed by atoms with van der Waals surface area (Å²) in [5.74, 6) is 0. The first kappa shape index (κ1) is 12.1. The molecule has 1 aliphatic heterocycles. The van der Waals surface area contributed by atoms with Crippen LogP contribution in [0.25, 0.3) is 0 Å².